The van der Waals surface area contributed by atoms with Crippen LogP contribution < -0.4 is 14.8 Å². The molecule has 2 aromatic rings. The molecule has 0 radical (unpaired) electrons. The molecule has 0 aromatic heterocycles. The van der Waals surface area contributed by atoms with E-state index in [9.17, 15) is 9.59 Å². The summed E-state index contributed by atoms with van der Waals surface area (Å²) in [6.07, 6.45) is 8.05. The molecule has 1 unspecified atom stereocenters. The van der Waals surface area contributed by atoms with Crippen LogP contribution in [0, 0.1) is 0 Å². The van der Waals surface area contributed by atoms with Crippen molar-refractivity contribution in [2.45, 2.75) is 31.6 Å². The van der Waals surface area contributed by atoms with Crippen LogP contribution in [-0.4, -0.2) is 30.7 Å². The normalized spacial score (nSPS) is 19.9. The highest BCUT2D eigenvalue weighted by Crippen LogP contribution is 2.29. The predicted octanol–water partition coefficient (Wildman–Crippen LogP) is 4.09. The van der Waals surface area contributed by atoms with Crippen molar-refractivity contribution in [1.29, 1.82) is 0 Å². The summed E-state index contributed by atoms with van der Waals surface area (Å²) in [7, 11) is 0. The Hall–Kier alpha value is -3.41. The molecule has 1 N–H and O–H groups in total. The van der Waals surface area contributed by atoms with Crippen LogP contribution in [0.5, 0.6) is 11.5 Å². The van der Waals surface area contributed by atoms with Gasteiger partial charge in [-0.15, -0.1) is 0 Å². The summed E-state index contributed by atoms with van der Waals surface area (Å²) in [6.45, 7) is 1.18. The molecular weight excluding hydrogens is 380 g/mol. The maximum absolute atomic E-state index is 12.5. The quantitative estimate of drug-likeness (QED) is 0.530. The first-order valence-corrected chi connectivity index (χ1v) is 10.2. The van der Waals surface area contributed by atoms with E-state index in [-0.39, 0.29) is 11.6 Å². The van der Waals surface area contributed by atoms with Gasteiger partial charge in [0.2, 0.25) is 5.91 Å². The number of nitrogens with one attached hydrogen (secondary N) is 1. The Morgan fingerprint density at radius 3 is 2.27 bits per heavy atom. The van der Waals surface area contributed by atoms with Crippen molar-refractivity contribution in [3.63, 3.8) is 0 Å². The van der Waals surface area contributed by atoms with Gasteiger partial charge in [-0.1, -0.05) is 30.4 Å². The lowest BCUT2D eigenvalue weighted by molar-refractivity contribution is -0.124. The van der Waals surface area contributed by atoms with Gasteiger partial charge in [0, 0.05) is 6.07 Å². The molecule has 2 heterocycles. The number of nitrogens with zero attached hydrogens (tertiary/aromatic N) is 1. The summed E-state index contributed by atoms with van der Waals surface area (Å²) in [5.74, 6) is -0.249. The molecule has 1 saturated heterocycles. The standard InChI is InChI=1S/C24H24N2O4/c27-23-21-17-9-7-11-19(15-17)29-13-5-3-1-2-4-6-14-30-20-12-8-10-18(16-20)25-22(21)24(28)26-23/h1-2,7-12,15-16,21H,3-6,13-14H2,(H,26,27,28). The van der Waals surface area contributed by atoms with Crippen molar-refractivity contribution in [2.75, 3.05) is 13.2 Å². The zero-order valence-electron chi connectivity index (χ0n) is 16.7. The van der Waals surface area contributed by atoms with Crippen LogP contribution in [0.2, 0.25) is 0 Å². The van der Waals surface area contributed by atoms with Gasteiger partial charge in [0.15, 0.2) is 0 Å². The van der Waals surface area contributed by atoms with E-state index >= 15 is 0 Å². The molecule has 2 aliphatic heterocycles. The third kappa shape index (κ3) is 4.76. The monoisotopic (exact) mass is 404 g/mol. The number of hydrogen-bond donors (Lipinski definition) is 1. The Balaban J connectivity index is 1.69. The fourth-order valence-corrected chi connectivity index (χ4v) is 3.51. The molecule has 4 rings (SSSR count). The Labute approximate surface area is 175 Å². The van der Waals surface area contributed by atoms with Crippen LogP contribution in [0.15, 0.2) is 65.7 Å². The van der Waals surface area contributed by atoms with Crippen molar-refractivity contribution < 1.29 is 19.1 Å². The van der Waals surface area contributed by atoms with Crippen LogP contribution in [0.3, 0.4) is 0 Å². The molecule has 2 aliphatic rings. The Morgan fingerprint density at radius 2 is 1.53 bits per heavy atom. The lowest BCUT2D eigenvalue weighted by atomic mass is 9.95. The molecular formula is C24H24N2O4. The third-order valence-corrected chi connectivity index (χ3v) is 5.00. The van der Waals surface area contributed by atoms with E-state index in [1.807, 2.05) is 36.4 Å². The van der Waals surface area contributed by atoms with Crippen LogP contribution in [-0.2, 0) is 9.59 Å². The summed E-state index contributed by atoms with van der Waals surface area (Å²) >= 11 is 0. The first kappa shape index (κ1) is 19.9. The predicted molar refractivity (Wildman–Crippen MR) is 114 cm³/mol. The van der Waals surface area contributed by atoms with Gasteiger partial charge in [0.1, 0.15) is 23.1 Å². The molecule has 0 aliphatic carbocycles. The zero-order chi connectivity index (χ0) is 20.8. The van der Waals surface area contributed by atoms with E-state index in [4.69, 9.17) is 9.47 Å². The summed E-state index contributed by atoms with van der Waals surface area (Å²) in [5, 5.41) is 2.38. The number of carbonyl (C=O) groups is 2. The van der Waals surface area contributed by atoms with Crippen molar-refractivity contribution in [3.8, 4) is 11.5 Å². The smallest absolute Gasteiger partial charge is 0.273 e. The van der Waals surface area contributed by atoms with Crippen molar-refractivity contribution in [1.82, 2.24) is 5.32 Å². The van der Waals surface area contributed by atoms with Gasteiger partial charge in [-0.2, -0.15) is 0 Å². The number of allylic oxidation sites excluding steroid dienone is 2. The van der Waals surface area contributed by atoms with Gasteiger partial charge in [-0.25, -0.2) is 4.99 Å². The Kier molecular flexibility index (Phi) is 6.23. The first-order valence-electron chi connectivity index (χ1n) is 10.2. The average molecular weight is 404 g/mol. The van der Waals surface area contributed by atoms with E-state index in [1.165, 1.54) is 0 Å². The second-order valence-electron chi connectivity index (χ2n) is 7.27. The molecule has 1 atom stereocenters. The van der Waals surface area contributed by atoms with E-state index < -0.39 is 11.8 Å². The molecule has 2 aromatic carbocycles. The van der Waals surface area contributed by atoms with E-state index in [0.29, 0.717) is 36.0 Å². The van der Waals surface area contributed by atoms with Crippen molar-refractivity contribution in [2.24, 2.45) is 4.99 Å². The van der Waals surface area contributed by atoms with Gasteiger partial charge in [-0.05, 0) is 55.5 Å². The minimum absolute atomic E-state index is 0.177. The molecule has 1 fully saturated rings. The molecule has 0 saturated carbocycles. The highest BCUT2D eigenvalue weighted by molar-refractivity contribution is 6.52. The maximum atomic E-state index is 12.5. The minimum atomic E-state index is -0.768. The number of imide groups is 1. The van der Waals surface area contributed by atoms with Crippen LogP contribution in [0.1, 0.15) is 37.2 Å². The van der Waals surface area contributed by atoms with Gasteiger partial charge >= 0.3 is 0 Å². The third-order valence-electron chi connectivity index (χ3n) is 5.00. The SMILES string of the molecule is O=C1NC(=O)C2C1=Nc1cccc(c1)OCCCC=CCCCOc1cccc2c1. The van der Waals surface area contributed by atoms with Gasteiger partial charge in [0.05, 0.1) is 18.9 Å². The van der Waals surface area contributed by atoms with Crippen molar-refractivity contribution >= 4 is 23.2 Å². The number of ether oxygens (including phenoxy) is 2. The number of fused-ring (bicyclic) bond motifs is 6. The Bertz CT molecular complexity index is 996. The lowest BCUT2D eigenvalue weighted by Crippen LogP contribution is -2.22. The fourth-order valence-electron chi connectivity index (χ4n) is 3.51. The number of carbonyl (C=O) groups excluding carboxylic acids is 2. The molecule has 30 heavy (non-hydrogen) atoms. The number of rotatable bonds is 0. The molecule has 2 amide bonds. The van der Waals surface area contributed by atoms with Crippen LogP contribution in [0.25, 0.3) is 0 Å². The van der Waals surface area contributed by atoms with Gasteiger partial charge < -0.3 is 9.47 Å². The van der Waals surface area contributed by atoms with E-state index in [0.717, 1.165) is 25.7 Å². The molecule has 6 nitrogen and oxygen atoms in total. The lowest BCUT2D eigenvalue weighted by Gasteiger charge is -2.11. The summed E-state index contributed by atoms with van der Waals surface area (Å²) < 4.78 is 11.7. The second-order valence-corrected chi connectivity index (χ2v) is 7.27. The highest BCUT2D eigenvalue weighted by Gasteiger charge is 2.39. The van der Waals surface area contributed by atoms with Crippen LogP contribution in [0.4, 0.5) is 5.69 Å². The number of benzene rings is 2. The largest absolute Gasteiger partial charge is 0.494 e. The van der Waals surface area contributed by atoms with Gasteiger partial charge in [0.25, 0.3) is 5.91 Å². The summed E-state index contributed by atoms with van der Waals surface area (Å²) in [6, 6.07) is 14.6. The molecule has 0 spiro atoms. The molecule has 6 heteroatoms. The van der Waals surface area contributed by atoms with Gasteiger partial charge in [-0.3, -0.25) is 14.9 Å². The average Bonchev–Trinajstić information content (AvgIpc) is 3.02. The molecule has 4 bridgehead atoms. The van der Waals surface area contributed by atoms with Crippen LogP contribution >= 0.6 is 0 Å². The summed E-state index contributed by atoms with van der Waals surface area (Å²) in [4.78, 5) is 29.5. The topological polar surface area (TPSA) is 77.0 Å². The minimum Gasteiger partial charge on any atom is -0.494 e. The summed E-state index contributed by atoms with van der Waals surface area (Å²) in [5.41, 5.74) is 1.43. The van der Waals surface area contributed by atoms with E-state index in [1.54, 1.807) is 12.1 Å². The van der Waals surface area contributed by atoms with E-state index in [2.05, 4.69) is 22.5 Å². The second kappa shape index (κ2) is 9.39. The number of amides is 2. The molecule has 154 valence electrons. The highest BCUT2D eigenvalue weighted by atomic mass is 16.5. The number of aliphatic imine (C=N–C) groups is 1. The number of hydrogen-bond acceptors (Lipinski definition) is 5. The maximum Gasteiger partial charge on any atom is 0.273 e. The van der Waals surface area contributed by atoms with Crippen molar-refractivity contribution in [3.05, 3.63) is 66.2 Å². The Morgan fingerprint density at radius 1 is 0.867 bits per heavy atom. The first-order chi connectivity index (χ1) is 14.7. The fraction of sp³-hybridized carbons (Fsp3) is 0.292. The zero-order valence-corrected chi connectivity index (χ0v) is 16.7.